The molecule has 1 aromatic rings. The van der Waals surface area contributed by atoms with Gasteiger partial charge in [0.2, 0.25) is 0 Å². The predicted molar refractivity (Wildman–Crippen MR) is 88.8 cm³/mol. The van der Waals surface area contributed by atoms with E-state index in [1.54, 1.807) is 0 Å². The van der Waals surface area contributed by atoms with E-state index in [-0.39, 0.29) is 6.09 Å². The van der Waals surface area contributed by atoms with Crippen LogP contribution in [0.1, 0.15) is 32.8 Å². The van der Waals surface area contributed by atoms with Crippen molar-refractivity contribution in [3.8, 4) is 0 Å². The Bertz CT molecular complexity index is 618. The van der Waals surface area contributed by atoms with Crippen LogP contribution in [0.2, 0.25) is 5.02 Å². The quantitative estimate of drug-likeness (QED) is 0.756. The maximum Gasteiger partial charge on any atom is 0.410 e. The van der Waals surface area contributed by atoms with Crippen molar-refractivity contribution >= 4 is 23.3 Å². The number of nitrogens with zero attached hydrogens (tertiary/aromatic N) is 1. The van der Waals surface area contributed by atoms with Crippen molar-refractivity contribution in [1.82, 2.24) is 4.90 Å². The first kappa shape index (κ1) is 15.4. The molecule has 2 atom stereocenters. The highest BCUT2D eigenvalue weighted by Gasteiger charge is 2.39. The Balaban J connectivity index is 1.68. The van der Waals surface area contributed by atoms with Crippen LogP contribution < -0.4 is 0 Å². The molecule has 2 unspecified atom stereocenters. The molecule has 0 N–H and O–H groups in total. The summed E-state index contributed by atoms with van der Waals surface area (Å²) >= 11 is 6.29. The number of carbonyl (C=O) groups is 1. The van der Waals surface area contributed by atoms with Crippen LogP contribution >= 0.6 is 11.6 Å². The van der Waals surface area contributed by atoms with Gasteiger partial charge in [-0.25, -0.2) is 4.79 Å². The van der Waals surface area contributed by atoms with Crippen LogP contribution in [0.3, 0.4) is 0 Å². The number of allylic oxidation sites excluding steroid dienone is 1. The molecular weight excluding hydrogens is 298 g/mol. The average molecular weight is 320 g/mol. The zero-order chi connectivity index (χ0) is 15.9. The van der Waals surface area contributed by atoms with Crippen LogP contribution in [-0.4, -0.2) is 29.7 Å². The smallest absolute Gasteiger partial charge is 0.410 e. The topological polar surface area (TPSA) is 29.5 Å². The fraction of sp³-hybridized carbons (Fsp3) is 0.500. The lowest BCUT2D eigenvalue weighted by Crippen LogP contribution is -2.35. The van der Waals surface area contributed by atoms with Crippen LogP contribution in [0.5, 0.6) is 0 Å². The van der Waals surface area contributed by atoms with Crippen molar-refractivity contribution in [2.24, 2.45) is 11.8 Å². The number of hydrogen-bond donors (Lipinski definition) is 0. The summed E-state index contributed by atoms with van der Waals surface area (Å²) in [5.74, 6) is 0.901. The van der Waals surface area contributed by atoms with Gasteiger partial charge < -0.3 is 9.64 Å². The zero-order valence-electron chi connectivity index (χ0n) is 13.3. The number of benzene rings is 1. The number of hydrogen-bond acceptors (Lipinski definition) is 2. The SMILES string of the molecule is CC(C)(C)OC(=O)N1CC2C=C(c3ccccc3Cl)CC2C1. The molecule has 1 aliphatic carbocycles. The Kier molecular flexibility index (Phi) is 3.94. The number of rotatable bonds is 1. The minimum absolute atomic E-state index is 0.199. The van der Waals surface area contributed by atoms with Gasteiger partial charge in [0.05, 0.1) is 0 Å². The van der Waals surface area contributed by atoms with Gasteiger partial charge in [-0.3, -0.25) is 0 Å². The molecule has 0 spiro atoms. The second kappa shape index (κ2) is 5.62. The van der Waals surface area contributed by atoms with Crippen molar-refractivity contribution in [3.63, 3.8) is 0 Å². The molecule has 1 aliphatic heterocycles. The van der Waals surface area contributed by atoms with Crippen LogP contribution in [0, 0.1) is 11.8 Å². The first-order valence-corrected chi connectivity index (χ1v) is 8.15. The highest BCUT2D eigenvalue weighted by atomic mass is 35.5. The first-order valence-electron chi connectivity index (χ1n) is 7.77. The maximum atomic E-state index is 12.2. The minimum atomic E-state index is -0.437. The number of halogens is 1. The molecule has 1 aromatic carbocycles. The minimum Gasteiger partial charge on any atom is -0.444 e. The third-order valence-electron chi connectivity index (χ3n) is 4.26. The Hall–Kier alpha value is -1.48. The molecule has 1 saturated heterocycles. The number of ether oxygens (including phenoxy) is 1. The molecule has 22 heavy (non-hydrogen) atoms. The third kappa shape index (κ3) is 3.14. The molecule has 0 aromatic heterocycles. The molecule has 118 valence electrons. The fourth-order valence-corrected chi connectivity index (χ4v) is 3.56. The number of fused-ring (bicyclic) bond motifs is 1. The standard InChI is InChI=1S/C18H22ClNO2/c1-18(2,3)22-17(21)20-10-13-8-12(9-14(13)11-20)15-6-4-5-7-16(15)19/h4-8,13-14H,9-11H2,1-3H3. The van der Waals surface area contributed by atoms with E-state index in [1.807, 2.05) is 43.9 Å². The molecule has 4 heteroatoms. The van der Waals surface area contributed by atoms with Gasteiger partial charge in [0.15, 0.2) is 0 Å². The van der Waals surface area contributed by atoms with Crippen LogP contribution in [0.25, 0.3) is 5.57 Å². The molecular formula is C18H22ClNO2. The molecule has 2 aliphatic rings. The van der Waals surface area contributed by atoms with Gasteiger partial charge in [0, 0.05) is 18.1 Å². The van der Waals surface area contributed by atoms with Crippen LogP contribution in [0.4, 0.5) is 4.79 Å². The van der Waals surface area contributed by atoms with Crippen LogP contribution in [0.15, 0.2) is 30.3 Å². The fourth-order valence-electron chi connectivity index (χ4n) is 3.31. The Labute approximate surface area is 136 Å². The molecule has 0 bridgehead atoms. The summed E-state index contributed by atoms with van der Waals surface area (Å²) in [6.07, 6.45) is 3.07. The number of amides is 1. The monoisotopic (exact) mass is 319 g/mol. The molecule has 3 rings (SSSR count). The first-order chi connectivity index (χ1) is 10.3. The van der Waals surface area contributed by atoms with E-state index in [0.717, 1.165) is 30.1 Å². The number of carbonyl (C=O) groups excluding carboxylic acids is 1. The molecule has 1 heterocycles. The zero-order valence-corrected chi connectivity index (χ0v) is 14.1. The summed E-state index contributed by atoms with van der Waals surface area (Å²) in [6, 6.07) is 7.97. The number of likely N-dealkylation sites (tertiary alicyclic amines) is 1. The van der Waals surface area contributed by atoms with Gasteiger partial charge in [-0.05, 0) is 56.2 Å². The predicted octanol–water partition coefficient (Wildman–Crippen LogP) is 4.61. The van der Waals surface area contributed by atoms with Gasteiger partial charge in [-0.15, -0.1) is 0 Å². The van der Waals surface area contributed by atoms with Crippen molar-refractivity contribution in [1.29, 1.82) is 0 Å². The highest BCUT2D eigenvalue weighted by Crippen LogP contribution is 2.42. The van der Waals surface area contributed by atoms with E-state index >= 15 is 0 Å². The van der Waals surface area contributed by atoms with E-state index in [4.69, 9.17) is 16.3 Å². The van der Waals surface area contributed by atoms with Crippen molar-refractivity contribution < 1.29 is 9.53 Å². The highest BCUT2D eigenvalue weighted by molar-refractivity contribution is 6.32. The lowest BCUT2D eigenvalue weighted by atomic mass is 9.98. The van der Waals surface area contributed by atoms with E-state index in [2.05, 4.69) is 12.1 Å². The van der Waals surface area contributed by atoms with Crippen molar-refractivity contribution in [3.05, 3.63) is 40.9 Å². The van der Waals surface area contributed by atoms with Gasteiger partial charge in [0.25, 0.3) is 0 Å². The van der Waals surface area contributed by atoms with Crippen molar-refractivity contribution in [2.45, 2.75) is 32.8 Å². The van der Waals surface area contributed by atoms with E-state index < -0.39 is 5.60 Å². The summed E-state index contributed by atoms with van der Waals surface area (Å²) < 4.78 is 5.46. The summed E-state index contributed by atoms with van der Waals surface area (Å²) in [4.78, 5) is 14.0. The van der Waals surface area contributed by atoms with Gasteiger partial charge in [-0.2, -0.15) is 0 Å². The summed E-state index contributed by atoms with van der Waals surface area (Å²) in [6.45, 7) is 7.21. The second-order valence-corrected chi connectivity index (χ2v) is 7.59. The maximum absolute atomic E-state index is 12.2. The second-order valence-electron chi connectivity index (χ2n) is 7.19. The Morgan fingerprint density at radius 2 is 2.00 bits per heavy atom. The Morgan fingerprint density at radius 1 is 1.27 bits per heavy atom. The van der Waals surface area contributed by atoms with Crippen LogP contribution in [-0.2, 0) is 4.74 Å². The molecule has 3 nitrogen and oxygen atoms in total. The molecule has 1 amide bonds. The van der Waals surface area contributed by atoms with Crippen molar-refractivity contribution in [2.75, 3.05) is 13.1 Å². The lowest BCUT2D eigenvalue weighted by molar-refractivity contribution is 0.0285. The summed E-state index contributed by atoms with van der Waals surface area (Å²) in [7, 11) is 0. The van der Waals surface area contributed by atoms with E-state index in [0.29, 0.717) is 11.8 Å². The molecule has 0 radical (unpaired) electrons. The Morgan fingerprint density at radius 3 is 2.64 bits per heavy atom. The summed E-state index contributed by atoms with van der Waals surface area (Å²) in [5.41, 5.74) is 2.00. The normalized spacial score (nSPS) is 24.2. The van der Waals surface area contributed by atoms with Gasteiger partial charge in [-0.1, -0.05) is 35.9 Å². The summed E-state index contributed by atoms with van der Waals surface area (Å²) in [5, 5.41) is 0.803. The molecule has 0 saturated carbocycles. The largest absolute Gasteiger partial charge is 0.444 e. The van der Waals surface area contributed by atoms with Gasteiger partial charge >= 0.3 is 6.09 Å². The molecule has 1 fully saturated rings. The van der Waals surface area contributed by atoms with E-state index in [9.17, 15) is 4.79 Å². The average Bonchev–Trinajstić information content (AvgIpc) is 2.95. The van der Waals surface area contributed by atoms with E-state index in [1.165, 1.54) is 5.57 Å². The lowest BCUT2D eigenvalue weighted by Gasteiger charge is -2.24. The third-order valence-corrected chi connectivity index (χ3v) is 4.59. The van der Waals surface area contributed by atoms with Gasteiger partial charge in [0.1, 0.15) is 5.60 Å².